The first kappa shape index (κ1) is 18.4. The molecule has 0 aromatic heterocycles. The summed E-state index contributed by atoms with van der Waals surface area (Å²) in [5.74, 6) is -0.277. The molecule has 2 saturated heterocycles. The lowest BCUT2D eigenvalue weighted by molar-refractivity contribution is -0.187. The number of ether oxygens (including phenoxy) is 2. The molecule has 3 rings (SSSR count). The van der Waals surface area contributed by atoms with Crippen molar-refractivity contribution in [3.05, 3.63) is 34.9 Å². The van der Waals surface area contributed by atoms with E-state index in [9.17, 15) is 4.79 Å². The number of benzene rings is 1. The van der Waals surface area contributed by atoms with Gasteiger partial charge in [0.2, 0.25) is 0 Å². The van der Waals surface area contributed by atoms with Crippen molar-refractivity contribution in [3.8, 4) is 0 Å². The number of amides is 1. The zero-order valence-electron chi connectivity index (χ0n) is 15.6. The van der Waals surface area contributed by atoms with Gasteiger partial charge in [-0.3, -0.25) is 4.79 Å². The van der Waals surface area contributed by atoms with Crippen molar-refractivity contribution in [2.24, 2.45) is 0 Å². The predicted octanol–water partition coefficient (Wildman–Crippen LogP) is 2.65. The highest BCUT2D eigenvalue weighted by molar-refractivity contribution is 5.97. The van der Waals surface area contributed by atoms with E-state index in [1.165, 1.54) is 0 Å². The van der Waals surface area contributed by atoms with Gasteiger partial charge in [-0.15, -0.1) is 0 Å². The lowest BCUT2D eigenvalue weighted by Gasteiger charge is -2.40. The first-order valence-corrected chi connectivity index (χ1v) is 9.37. The highest BCUT2D eigenvalue weighted by Gasteiger charge is 2.40. The third-order valence-electron chi connectivity index (χ3n) is 5.55. The molecule has 0 saturated carbocycles. The van der Waals surface area contributed by atoms with Crippen molar-refractivity contribution < 1.29 is 14.3 Å². The summed E-state index contributed by atoms with van der Waals surface area (Å²) < 4.78 is 11.6. The average Bonchev–Trinajstić information content (AvgIpc) is 3.03. The van der Waals surface area contributed by atoms with Gasteiger partial charge in [-0.05, 0) is 38.3 Å². The van der Waals surface area contributed by atoms with E-state index in [0.29, 0.717) is 12.6 Å². The fourth-order valence-electron chi connectivity index (χ4n) is 3.93. The fourth-order valence-corrected chi connectivity index (χ4v) is 3.93. The Kier molecular flexibility index (Phi) is 5.77. The van der Waals surface area contributed by atoms with Crippen LogP contribution in [0.3, 0.4) is 0 Å². The van der Waals surface area contributed by atoms with Gasteiger partial charge in [0.25, 0.3) is 5.91 Å². The Morgan fingerprint density at radius 1 is 1.20 bits per heavy atom. The quantitative estimate of drug-likeness (QED) is 0.890. The van der Waals surface area contributed by atoms with Crippen molar-refractivity contribution in [1.82, 2.24) is 10.2 Å². The zero-order chi connectivity index (χ0) is 17.9. The highest BCUT2D eigenvalue weighted by atomic mass is 16.7. The maximum Gasteiger partial charge on any atom is 0.251 e. The van der Waals surface area contributed by atoms with Gasteiger partial charge in [0, 0.05) is 44.1 Å². The Morgan fingerprint density at radius 3 is 2.40 bits per heavy atom. The summed E-state index contributed by atoms with van der Waals surface area (Å²) >= 11 is 0. The van der Waals surface area contributed by atoms with Gasteiger partial charge in [0.1, 0.15) is 0 Å². The second-order valence-electron chi connectivity index (χ2n) is 7.30. The van der Waals surface area contributed by atoms with Gasteiger partial charge in [-0.1, -0.05) is 18.2 Å². The molecule has 1 amide bonds. The molecule has 1 atom stereocenters. The molecule has 0 aliphatic carbocycles. The third kappa shape index (κ3) is 4.22. The Hall–Kier alpha value is -1.43. The van der Waals surface area contributed by atoms with Gasteiger partial charge in [-0.2, -0.15) is 0 Å². The summed E-state index contributed by atoms with van der Waals surface area (Å²) in [6.07, 6.45) is 2.82. The van der Waals surface area contributed by atoms with Crippen LogP contribution in [0.15, 0.2) is 18.2 Å². The van der Waals surface area contributed by atoms with E-state index in [4.69, 9.17) is 9.47 Å². The van der Waals surface area contributed by atoms with Crippen LogP contribution in [0.4, 0.5) is 0 Å². The maximum absolute atomic E-state index is 12.5. The van der Waals surface area contributed by atoms with Crippen LogP contribution in [-0.2, 0) is 9.47 Å². The molecule has 5 heteroatoms. The molecule has 1 N–H and O–H groups in total. The molecule has 2 heterocycles. The van der Waals surface area contributed by atoms with E-state index in [2.05, 4.69) is 17.1 Å². The Bertz CT molecular complexity index is 581. The lowest BCUT2D eigenvalue weighted by Crippen LogP contribution is -2.48. The van der Waals surface area contributed by atoms with Gasteiger partial charge in [-0.25, -0.2) is 0 Å². The van der Waals surface area contributed by atoms with Crippen LogP contribution >= 0.6 is 0 Å². The smallest absolute Gasteiger partial charge is 0.251 e. The number of likely N-dealkylation sites (tertiary alicyclic amines) is 1. The molecule has 2 fully saturated rings. The molecule has 1 spiro atoms. The van der Waals surface area contributed by atoms with Crippen LogP contribution < -0.4 is 5.32 Å². The summed E-state index contributed by atoms with van der Waals surface area (Å²) in [5.41, 5.74) is 2.87. The summed E-state index contributed by atoms with van der Waals surface area (Å²) in [6, 6.07) is 6.41. The van der Waals surface area contributed by atoms with Crippen molar-refractivity contribution in [2.45, 2.75) is 51.9 Å². The fraction of sp³-hybridized carbons (Fsp3) is 0.650. The lowest BCUT2D eigenvalue weighted by atomic mass is 10.0. The monoisotopic (exact) mass is 346 g/mol. The first-order valence-electron chi connectivity index (χ1n) is 9.37. The largest absolute Gasteiger partial charge is 0.352 e. The van der Waals surface area contributed by atoms with Gasteiger partial charge in [0.15, 0.2) is 5.79 Å². The molecule has 0 bridgehead atoms. The number of rotatable bonds is 5. The van der Waals surface area contributed by atoms with Crippen LogP contribution in [0.1, 0.15) is 47.7 Å². The summed E-state index contributed by atoms with van der Waals surface area (Å²) in [4.78, 5) is 14.9. The minimum Gasteiger partial charge on any atom is -0.352 e. The second kappa shape index (κ2) is 7.85. The average molecular weight is 346 g/mol. The number of hydrogen-bond donors (Lipinski definition) is 1. The molecule has 2 aliphatic heterocycles. The number of hydrogen-bond acceptors (Lipinski definition) is 4. The number of carbonyl (C=O) groups excluding carboxylic acids is 1. The van der Waals surface area contributed by atoms with Gasteiger partial charge < -0.3 is 19.7 Å². The number of piperidine rings is 1. The van der Waals surface area contributed by atoms with E-state index >= 15 is 0 Å². The van der Waals surface area contributed by atoms with Crippen LogP contribution in [0.5, 0.6) is 0 Å². The molecule has 1 aromatic rings. The van der Waals surface area contributed by atoms with Crippen LogP contribution in [-0.4, -0.2) is 55.5 Å². The Morgan fingerprint density at radius 2 is 1.80 bits per heavy atom. The zero-order valence-corrected chi connectivity index (χ0v) is 15.6. The summed E-state index contributed by atoms with van der Waals surface area (Å²) in [7, 11) is 0. The summed E-state index contributed by atoms with van der Waals surface area (Å²) in [6.45, 7) is 10.3. The standard InChI is InChI=1S/C20H30N2O3/c1-15-5-4-6-16(2)18(15)19(23)21-10-7-17(3)22-11-8-20(9-12-22)24-13-14-25-20/h4-6,17H,7-14H2,1-3H3,(H,21,23). The molecule has 25 heavy (non-hydrogen) atoms. The first-order chi connectivity index (χ1) is 12.0. The third-order valence-corrected chi connectivity index (χ3v) is 5.55. The van der Waals surface area contributed by atoms with E-state index in [-0.39, 0.29) is 11.7 Å². The van der Waals surface area contributed by atoms with E-state index in [0.717, 1.165) is 62.3 Å². The predicted molar refractivity (Wildman–Crippen MR) is 97.8 cm³/mol. The van der Waals surface area contributed by atoms with Crippen LogP contribution in [0.2, 0.25) is 0 Å². The molecular formula is C20H30N2O3. The Labute approximate surface area is 150 Å². The molecule has 2 aliphatic rings. The van der Waals surface area contributed by atoms with Crippen molar-refractivity contribution in [3.63, 3.8) is 0 Å². The molecule has 1 aromatic carbocycles. The van der Waals surface area contributed by atoms with Crippen LogP contribution in [0, 0.1) is 13.8 Å². The van der Waals surface area contributed by atoms with E-state index in [1.54, 1.807) is 0 Å². The number of nitrogens with zero attached hydrogens (tertiary/aromatic N) is 1. The van der Waals surface area contributed by atoms with Gasteiger partial charge >= 0.3 is 0 Å². The SMILES string of the molecule is Cc1cccc(C)c1C(=O)NCCC(C)N1CCC2(CC1)OCCO2. The highest BCUT2D eigenvalue weighted by Crippen LogP contribution is 2.32. The van der Waals surface area contributed by atoms with Crippen molar-refractivity contribution in [2.75, 3.05) is 32.8 Å². The van der Waals surface area contributed by atoms with Gasteiger partial charge in [0.05, 0.1) is 13.2 Å². The van der Waals surface area contributed by atoms with Crippen molar-refractivity contribution >= 4 is 5.91 Å². The molecular weight excluding hydrogens is 316 g/mol. The molecule has 138 valence electrons. The molecule has 5 nitrogen and oxygen atoms in total. The minimum atomic E-state index is -0.313. The number of carbonyl (C=O) groups is 1. The minimum absolute atomic E-state index is 0.0353. The molecule has 0 radical (unpaired) electrons. The second-order valence-corrected chi connectivity index (χ2v) is 7.30. The summed E-state index contributed by atoms with van der Waals surface area (Å²) in [5, 5.41) is 3.08. The number of aryl methyl sites for hydroxylation is 2. The van der Waals surface area contributed by atoms with E-state index in [1.807, 2.05) is 32.0 Å². The van der Waals surface area contributed by atoms with Crippen LogP contribution in [0.25, 0.3) is 0 Å². The number of nitrogens with one attached hydrogen (secondary N) is 1. The van der Waals surface area contributed by atoms with Crippen molar-refractivity contribution in [1.29, 1.82) is 0 Å². The maximum atomic E-state index is 12.5. The molecule has 1 unspecified atom stereocenters. The topological polar surface area (TPSA) is 50.8 Å². The van der Waals surface area contributed by atoms with E-state index < -0.39 is 0 Å². The normalized spacial score (nSPS) is 21.4. The Balaban J connectivity index is 1.44.